The van der Waals surface area contributed by atoms with E-state index in [9.17, 15) is 4.79 Å². The highest BCUT2D eigenvalue weighted by Gasteiger charge is 2.16. The maximum Gasteiger partial charge on any atom is 0.204 e. The third-order valence-electron chi connectivity index (χ3n) is 2.68. The summed E-state index contributed by atoms with van der Waals surface area (Å²) >= 11 is 4.81. The van der Waals surface area contributed by atoms with Crippen LogP contribution in [-0.2, 0) is 0 Å². The highest BCUT2D eigenvalue weighted by molar-refractivity contribution is 9.10. The van der Waals surface area contributed by atoms with E-state index in [1.807, 2.05) is 31.4 Å². The monoisotopic (exact) mass is 309 g/mol. The van der Waals surface area contributed by atoms with Crippen LogP contribution >= 0.6 is 27.3 Å². The Balaban J connectivity index is 2.52. The summed E-state index contributed by atoms with van der Waals surface area (Å²) in [6.45, 7) is 3.87. The molecule has 0 spiro atoms. The zero-order chi connectivity index (χ0) is 12.6. The molecular weight excluding hydrogens is 298 g/mol. The predicted molar refractivity (Wildman–Crippen MR) is 75.8 cm³/mol. The number of hydrogen-bond acceptors (Lipinski definition) is 3. The number of nitrogens with two attached hydrogens (primary N) is 1. The van der Waals surface area contributed by atoms with Gasteiger partial charge in [-0.1, -0.05) is 6.07 Å². The predicted octanol–water partition coefficient (Wildman–Crippen LogP) is 3.94. The SMILES string of the molecule is Cc1cc(C)c(C(=O)c2sccc2Br)cc1N. The standard InChI is InChI=1S/C13H12BrNOS/c1-7-5-8(2)11(15)6-9(7)12(16)13-10(14)3-4-17-13/h3-6H,15H2,1-2H3. The van der Waals surface area contributed by atoms with Gasteiger partial charge in [-0.2, -0.15) is 0 Å². The fourth-order valence-corrected chi connectivity index (χ4v) is 3.20. The molecule has 0 fully saturated rings. The maximum atomic E-state index is 12.3. The second kappa shape index (κ2) is 4.63. The fraction of sp³-hybridized carbons (Fsp3) is 0.154. The molecular formula is C13H12BrNOS. The Morgan fingerprint density at radius 1 is 1.29 bits per heavy atom. The van der Waals surface area contributed by atoms with Gasteiger partial charge in [-0.05, 0) is 58.4 Å². The average molecular weight is 310 g/mol. The molecule has 0 aliphatic rings. The lowest BCUT2D eigenvalue weighted by Crippen LogP contribution is -2.04. The molecule has 4 heteroatoms. The van der Waals surface area contributed by atoms with Gasteiger partial charge in [0.15, 0.2) is 0 Å². The smallest absolute Gasteiger partial charge is 0.204 e. The van der Waals surface area contributed by atoms with Crippen LogP contribution < -0.4 is 5.73 Å². The van der Waals surface area contributed by atoms with Crippen molar-refractivity contribution in [2.45, 2.75) is 13.8 Å². The van der Waals surface area contributed by atoms with Crippen molar-refractivity contribution in [3.05, 3.63) is 49.6 Å². The van der Waals surface area contributed by atoms with Gasteiger partial charge in [0.25, 0.3) is 0 Å². The van der Waals surface area contributed by atoms with Crippen molar-refractivity contribution >= 4 is 38.7 Å². The van der Waals surface area contributed by atoms with Crippen LogP contribution in [0.1, 0.15) is 26.4 Å². The minimum absolute atomic E-state index is 0.0241. The van der Waals surface area contributed by atoms with Crippen LogP contribution in [-0.4, -0.2) is 5.78 Å². The Morgan fingerprint density at radius 2 is 2.00 bits per heavy atom. The first kappa shape index (κ1) is 12.3. The van der Waals surface area contributed by atoms with Crippen LogP contribution in [0, 0.1) is 13.8 Å². The Hall–Kier alpha value is -1.13. The molecule has 2 N–H and O–H groups in total. The number of halogens is 1. The van der Waals surface area contributed by atoms with Crippen LogP contribution in [0.3, 0.4) is 0 Å². The number of aryl methyl sites for hydroxylation is 2. The fourth-order valence-electron chi connectivity index (χ4n) is 1.69. The van der Waals surface area contributed by atoms with Crippen LogP contribution in [0.4, 0.5) is 5.69 Å². The van der Waals surface area contributed by atoms with Gasteiger partial charge in [0, 0.05) is 15.7 Å². The van der Waals surface area contributed by atoms with Gasteiger partial charge in [0.2, 0.25) is 5.78 Å². The highest BCUT2D eigenvalue weighted by atomic mass is 79.9. The second-order valence-corrected chi connectivity index (χ2v) is 5.72. The Labute approximate surface area is 113 Å². The van der Waals surface area contributed by atoms with Crippen LogP contribution in [0.2, 0.25) is 0 Å². The van der Waals surface area contributed by atoms with Crippen molar-refractivity contribution in [3.8, 4) is 0 Å². The van der Waals surface area contributed by atoms with Crippen molar-refractivity contribution in [1.82, 2.24) is 0 Å². The van der Waals surface area contributed by atoms with Gasteiger partial charge in [0.05, 0.1) is 4.88 Å². The number of nitrogen functional groups attached to an aromatic ring is 1. The second-order valence-electron chi connectivity index (χ2n) is 3.95. The molecule has 1 aromatic heterocycles. The molecule has 0 atom stereocenters. The topological polar surface area (TPSA) is 43.1 Å². The number of thiophene rings is 1. The molecule has 0 radical (unpaired) electrons. The number of rotatable bonds is 2. The van der Waals surface area contributed by atoms with E-state index in [4.69, 9.17) is 5.73 Å². The summed E-state index contributed by atoms with van der Waals surface area (Å²) in [7, 11) is 0. The lowest BCUT2D eigenvalue weighted by molar-refractivity contribution is 0.104. The zero-order valence-corrected chi connectivity index (χ0v) is 12.0. The third kappa shape index (κ3) is 2.28. The van der Waals surface area contributed by atoms with Gasteiger partial charge in [-0.3, -0.25) is 4.79 Å². The molecule has 1 aromatic carbocycles. The van der Waals surface area contributed by atoms with Crippen LogP contribution in [0.5, 0.6) is 0 Å². The van der Waals surface area contributed by atoms with Crippen molar-refractivity contribution in [2.24, 2.45) is 0 Å². The summed E-state index contributed by atoms with van der Waals surface area (Å²) in [5.74, 6) is 0.0241. The van der Waals surface area contributed by atoms with E-state index in [0.717, 1.165) is 20.5 Å². The van der Waals surface area contributed by atoms with E-state index < -0.39 is 0 Å². The van der Waals surface area contributed by atoms with Gasteiger partial charge in [-0.25, -0.2) is 0 Å². The largest absolute Gasteiger partial charge is 0.398 e. The summed E-state index contributed by atoms with van der Waals surface area (Å²) in [5, 5.41) is 1.89. The first-order valence-electron chi connectivity index (χ1n) is 5.15. The molecule has 0 amide bonds. The quantitative estimate of drug-likeness (QED) is 0.674. The van der Waals surface area contributed by atoms with Crippen molar-refractivity contribution in [2.75, 3.05) is 5.73 Å². The normalized spacial score (nSPS) is 10.5. The Morgan fingerprint density at radius 3 is 2.59 bits per heavy atom. The summed E-state index contributed by atoms with van der Waals surface area (Å²) in [6.07, 6.45) is 0. The molecule has 2 rings (SSSR count). The Bertz CT molecular complexity index is 589. The molecule has 88 valence electrons. The summed E-state index contributed by atoms with van der Waals surface area (Å²) < 4.78 is 0.839. The minimum atomic E-state index is 0.0241. The molecule has 0 bridgehead atoms. The lowest BCUT2D eigenvalue weighted by Gasteiger charge is -2.08. The van der Waals surface area contributed by atoms with E-state index in [0.29, 0.717) is 11.3 Å². The van der Waals surface area contributed by atoms with Gasteiger partial charge < -0.3 is 5.73 Å². The maximum absolute atomic E-state index is 12.3. The summed E-state index contributed by atoms with van der Waals surface area (Å²) in [4.78, 5) is 13.1. The minimum Gasteiger partial charge on any atom is -0.398 e. The van der Waals surface area contributed by atoms with E-state index in [-0.39, 0.29) is 5.78 Å². The first-order valence-corrected chi connectivity index (χ1v) is 6.82. The van der Waals surface area contributed by atoms with Crippen LogP contribution in [0.25, 0.3) is 0 Å². The highest BCUT2D eigenvalue weighted by Crippen LogP contribution is 2.28. The van der Waals surface area contributed by atoms with Gasteiger partial charge in [-0.15, -0.1) is 11.3 Å². The third-order valence-corrected chi connectivity index (χ3v) is 4.52. The first-order chi connectivity index (χ1) is 8.00. The molecule has 2 aromatic rings. The average Bonchev–Trinajstić information content (AvgIpc) is 2.69. The number of benzene rings is 1. The molecule has 0 aliphatic heterocycles. The number of hydrogen-bond donors (Lipinski definition) is 1. The number of anilines is 1. The Kier molecular flexibility index (Phi) is 3.35. The molecule has 0 aliphatic carbocycles. The van der Waals surface area contributed by atoms with Crippen molar-refractivity contribution < 1.29 is 4.79 Å². The molecule has 0 saturated heterocycles. The lowest BCUT2D eigenvalue weighted by atomic mass is 10.00. The zero-order valence-electron chi connectivity index (χ0n) is 9.58. The summed E-state index contributed by atoms with van der Waals surface area (Å²) in [5.41, 5.74) is 9.16. The van der Waals surface area contributed by atoms with E-state index >= 15 is 0 Å². The molecule has 1 heterocycles. The van der Waals surface area contributed by atoms with Gasteiger partial charge >= 0.3 is 0 Å². The van der Waals surface area contributed by atoms with Gasteiger partial charge in [0.1, 0.15) is 0 Å². The van der Waals surface area contributed by atoms with E-state index in [2.05, 4.69) is 15.9 Å². The van der Waals surface area contributed by atoms with Crippen molar-refractivity contribution in [3.63, 3.8) is 0 Å². The van der Waals surface area contributed by atoms with Crippen molar-refractivity contribution in [1.29, 1.82) is 0 Å². The number of carbonyl (C=O) groups excluding carboxylic acids is 1. The number of carbonyl (C=O) groups is 1. The number of ketones is 1. The van der Waals surface area contributed by atoms with E-state index in [1.165, 1.54) is 11.3 Å². The van der Waals surface area contributed by atoms with Crippen LogP contribution in [0.15, 0.2) is 28.1 Å². The summed E-state index contributed by atoms with van der Waals surface area (Å²) in [6, 6.07) is 5.59. The molecule has 17 heavy (non-hydrogen) atoms. The molecule has 0 unspecified atom stereocenters. The molecule has 2 nitrogen and oxygen atoms in total. The van der Waals surface area contributed by atoms with E-state index in [1.54, 1.807) is 6.07 Å². The molecule has 0 saturated carbocycles.